The van der Waals surface area contributed by atoms with Crippen LogP contribution in [0.4, 0.5) is 4.79 Å². The van der Waals surface area contributed by atoms with Gasteiger partial charge in [-0.2, -0.15) is 5.06 Å². The molecule has 9 heteroatoms. The minimum atomic E-state index is -1.06. The van der Waals surface area contributed by atoms with Crippen molar-refractivity contribution in [3.63, 3.8) is 0 Å². The minimum absolute atomic E-state index is 0.0387. The number of carbonyl (C=O) groups is 3. The van der Waals surface area contributed by atoms with Gasteiger partial charge in [-0.25, -0.2) is 14.4 Å². The van der Waals surface area contributed by atoms with Gasteiger partial charge in [-0.15, -0.1) is 0 Å². The van der Waals surface area contributed by atoms with Crippen molar-refractivity contribution in [1.29, 1.82) is 0 Å². The van der Waals surface area contributed by atoms with E-state index in [1.54, 1.807) is 13.8 Å². The fourth-order valence-corrected chi connectivity index (χ4v) is 4.86. The smallest absolute Gasteiger partial charge is 0.478 e. The fraction of sp³-hybridized carbons (Fsp3) is 0.483. The molecule has 0 aromatic heterocycles. The summed E-state index contributed by atoms with van der Waals surface area (Å²) in [6.07, 6.45) is -1.04. The normalized spacial score (nSPS) is 18.0. The molecule has 0 bridgehead atoms. The first kappa shape index (κ1) is 29.1. The number of carboxylic acids is 1. The number of piperidine rings is 1. The Labute approximate surface area is 223 Å². The molecule has 0 saturated carbocycles. The Morgan fingerprint density at radius 3 is 2.00 bits per heavy atom. The van der Waals surface area contributed by atoms with Crippen LogP contribution in [0.25, 0.3) is 0 Å². The average molecular weight is 528 g/mol. The molecular weight excluding hydrogens is 490 g/mol. The zero-order valence-electron chi connectivity index (χ0n) is 22.8. The van der Waals surface area contributed by atoms with Crippen LogP contribution < -0.4 is 0 Å². The summed E-state index contributed by atoms with van der Waals surface area (Å²) in [6.45, 7) is 11.5. The van der Waals surface area contributed by atoms with E-state index < -0.39 is 35.3 Å². The summed E-state index contributed by atoms with van der Waals surface area (Å²) in [5, 5.41) is 11.0. The van der Waals surface area contributed by atoms with Gasteiger partial charge in [0.1, 0.15) is 18.8 Å². The molecule has 206 valence electrons. The number of aromatic carboxylic acids is 1. The van der Waals surface area contributed by atoms with Gasteiger partial charge in [0.05, 0.1) is 17.2 Å². The molecule has 0 radical (unpaired) electrons. The van der Waals surface area contributed by atoms with Crippen LogP contribution in [0.1, 0.15) is 86.8 Å². The first-order chi connectivity index (χ1) is 17.8. The molecule has 9 nitrogen and oxygen atoms in total. The van der Waals surface area contributed by atoms with E-state index in [4.69, 9.17) is 24.2 Å². The van der Waals surface area contributed by atoms with Gasteiger partial charge in [0, 0.05) is 23.9 Å². The largest absolute Gasteiger partial charge is 0.508 e. The highest BCUT2D eigenvalue weighted by molar-refractivity contribution is 5.92. The Morgan fingerprint density at radius 2 is 1.47 bits per heavy atom. The number of rotatable bonds is 9. The lowest BCUT2D eigenvalue weighted by atomic mass is 9.80. The van der Waals surface area contributed by atoms with E-state index in [9.17, 15) is 14.4 Å². The van der Waals surface area contributed by atoms with E-state index in [-0.39, 0.29) is 24.4 Å². The predicted molar refractivity (Wildman–Crippen MR) is 140 cm³/mol. The van der Waals surface area contributed by atoms with Gasteiger partial charge in [0.15, 0.2) is 0 Å². The number of hydroxylamine groups is 2. The summed E-state index contributed by atoms with van der Waals surface area (Å²) in [7, 11) is 0. The SMILES string of the molecule is CC(C)OC(=O)OCC(ON1C(C)(C)CC(OC(=O)c2ccc(C(=O)O)cc2)CC1(C)C)c1ccccc1. The first-order valence-electron chi connectivity index (χ1n) is 12.7. The van der Waals surface area contributed by atoms with Gasteiger partial charge < -0.3 is 19.3 Å². The average Bonchev–Trinajstić information content (AvgIpc) is 2.82. The summed E-state index contributed by atoms with van der Waals surface area (Å²) in [6, 6.07) is 15.2. The van der Waals surface area contributed by atoms with E-state index in [0.717, 1.165) is 5.56 Å². The molecule has 0 amide bonds. The van der Waals surface area contributed by atoms with Gasteiger partial charge >= 0.3 is 18.1 Å². The molecule has 0 spiro atoms. The summed E-state index contributed by atoms with van der Waals surface area (Å²) in [4.78, 5) is 42.5. The molecule has 1 atom stereocenters. The topological polar surface area (TPSA) is 112 Å². The van der Waals surface area contributed by atoms with Crippen LogP contribution >= 0.6 is 0 Å². The van der Waals surface area contributed by atoms with E-state index in [1.165, 1.54) is 24.3 Å². The van der Waals surface area contributed by atoms with Gasteiger partial charge in [-0.05, 0) is 71.4 Å². The fourth-order valence-electron chi connectivity index (χ4n) is 4.86. The maximum Gasteiger partial charge on any atom is 0.508 e. The van der Waals surface area contributed by atoms with Crippen LogP contribution in [0, 0.1) is 0 Å². The molecule has 2 aromatic rings. The van der Waals surface area contributed by atoms with Crippen molar-refractivity contribution in [3.05, 3.63) is 71.3 Å². The third kappa shape index (κ3) is 7.55. The zero-order valence-corrected chi connectivity index (χ0v) is 22.8. The molecule has 1 fully saturated rings. The number of benzene rings is 2. The summed E-state index contributed by atoms with van der Waals surface area (Å²) < 4.78 is 16.3. The number of esters is 1. The van der Waals surface area contributed by atoms with Crippen molar-refractivity contribution >= 4 is 18.1 Å². The van der Waals surface area contributed by atoms with Crippen molar-refractivity contribution in [3.8, 4) is 0 Å². The number of carboxylic acid groups (broad SMARTS) is 1. The summed E-state index contributed by atoms with van der Waals surface area (Å²) in [5.41, 5.74) is 0.133. The quantitative estimate of drug-likeness (QED) is 0.405. The second kappa shape index (κ2) is 12.0. The van der Waals surface area contributed by atoms with Crippen molar-refractivity contribution in [1.82, 2.24) is 5.06 Å². The first-order valence-corrected chi connectivity index (χ1v) is 12.7. The van der Waals surface area contributed by atoms with Gasteiger partial charge in [0.25, 0.3) is 0 Å². The van der Waals surface area contributed by atoms with E-state index in [0.29, 0.717) is 18.4 Å². The van der Waals surface area contributed by atoms with Crippen LogP contribution in [-0.2, 0) is 19.0 Å². The lowest BCUT2D eigenvalue weighted by Gasteiger charge is -2.54. The molecule has 1 aliphatic heterocycles. The molecule has 0 aliphatic carbocycles. The van der Waals surface area contributed by atoms with Gasteiger partial charge in [0.2, 0.25) is 0 Å². The Morgan fingerprint density at radius 1 is 0.921 bits per heavy atom. The third-order valence-electron chi connectivity index (χ3n) is 6.28. The van der Waals surface area contributed by atoms with Crippen LogP contribution in [0.2, 0.25) is 0 Å². The Hall–Kier alpha value is -3.43. The second-order valence-corrected chi connectivity index (χ2v) is 11.0. The number of carbonyl (C=O) groups excluding carboxylic acids is 2. The van der Waals surface area contributed by atoms with Crippen LogP contribution in [0.3, 0.4) is 0 Å². The Bertz CT molecular complexity index is 1090. The van der Waals surface area contributed by atoms with Crippen LogP contribution in [0.5, 0.6) is 0 Å². The highest BCUT2D eigenvalue weighted by Gasteiger charge is 2.49. The second-order valence-electron chi connectivity index (χ2n) is 11.0. The molecule has 3 rings (SSSR count). The number of ether oxygens (including phenoxy) is 3. The zero-order chi connectivity index (χ0) is 28.1. The highest BCUT2D eigenvalue weighted by Crippen LogP contribution is 2.42. The number of hydrogen-bond donors (Lipinski definition) is 1. The van der Waals surface area contributed by atoms with Crippen LogP contribution in [-0.4, -0.2) is 58.2 Å². The molecule has 1 aliphatic rings. The van der Waals surface area contributed by atoms with Crippen molar-refractivity contribution in [2.75, 3.05) is 6.61 Å². The molecule has 1 heterocycles. The van der Waals surface area contributed by atoms with E-state index in [1.807, 2.05) is 63.1 Å². The monoisotopic (exact) mass is 527 g/mol. The van der Waals surface area contributed by atoms with Crippen LogP contribution in [0.15, 0.2) is 54.6 Å². The van der Waals surface area contributed by atoms with Crippen molar-refractivity contribution < 1.29 is 38.5 Å². The van der Waals surface area contributed by atoms with E-state index in [2.05, 4.69) is 0 Å². The maximum absolute atomic E-state index is 12.8. The Balaban J connectivity index is 1.73. The van der Waals surface area contributed by atoms with Gasteiger partial charge in [-0.1, -0.05) is 30.3 Å². The molecule has 1 saturated heterocycles. The minimum Gasteiger partial charge on any atom is -0.478 e. The number of nitrogens with zero attached hydrogens (tertiary/aromatic N) is 1. The highest BCUT2D eigenvalue weighted by atomic mass is 16.7. The van der Waals surface area contributed by atoms with Crippen molar-refractivity contribution in [2.24, 2.45) is 0 Å². The molecule has 1 N–H and O–H groups in total. The number of hydrogen-bond acceptors (Lipinski definition) is 8. The molecular formula is C29H37NO8. The molecule has 2 aromatic carbocycles. The Kier molecular flexibility index (Phi) is 9.17. The summed E-state index contributed by atoms with van der Waals surface area (Å²) in [5.74, 6) is -1.57. The standard InChI is InChI=1S/C29H37NO8/c1-19(2)36-27(34)35-18-24(20-10-8-7-9-11-20)38-30-28(3,4)16-23(17-29(30,5)6)37-26(33)22-14-12-21(13-15-22)25(31)32/h7-15,19,23-24H,16-18H2,1-6H3,(H,31,32). The van der Waals surface area contributed by atoms with Gasteiger partial charge in [-0.3, -0.25) is 4.84 Å². The lowest BCUT2D eigenvalue weighted by molar-refractivity contribution is -0.320. The molecule has 1 unspecified atom stereocenters. The predicted octanol–water partition coefficient (Wildman–Crippen LogP) is 5.80. The lowest BCUT2D eigenvalue weighted by Crippen LogP contribution is -2.62. The third-order valence-corrected chi connectivity index (χ3v) is 6.28. The summed E-state index contributed by atoms with van der Waals surface area (Å²) >= 11 is 0. The van der Waals surface area contributed by atoms with Crippen molar-refractivity contribution in [2.45, 2.75) is 83.8 Å². The van der Waals surface area contributed by atoms with E-state index >= 15 is 0 Å². The maximum atomic E-state index is 12.8. The molecule has 38 heavy (non-hydrogen) atoms.